The fraction of sp³-hybridized carbons (Fsp3) is 0.0968. The lowest BCUT2D eigenvalue weighted by atomic mass is 9.98. The number of halogens is 1. The van der Waals surface area contributed by atoms with Gasteiger partial charge in [0.15, 0.2) is 0 Å². The second-order valence-corrected chi connectivity index (χ2v) is 11.7. The van der Waals surface area contributed by atoms with E-state index in [0.717, 1.165) is 22.9 Å². The molecule has 6 aromatic rings. The van der Waals surface area contributed by atoms with Crippen molar-refractivity contribution in [2.24, 2.45) is 0 Å². The van der Waals surface area contributed by atoms with Gasteiger partial charge in [0.2, 0.25) is 10.0 Å². The highest BCUT2D eigenvalue weighted by atomic mass is 32.2. The van der Waals surface area contributed by atoms with E-state index in [1.165, 1.54) is 42.7 Å². The highest BCUT2D eigenvalue weighted by Crippen LogP contribution is 2.41. The fourth-order valence-corrected chi connectivity index (χ4v) is 5.42. The first-order valence-electron chi connectivity index (χ1n) is 12.7. The number of H-pyrrole nitrogens is 1. The number of hydrogen-bond donors (Lipinski definition) is 2. The van der Waals surface area contributed by atoms with Gasteiger partial charge in [-0.15, -0.1) is 0 Å². The first kappa shape index (κ1) is 26.3. The van der Waals surface area contributed by atoms with Crippen LogP contribution in [0.25, 0.3) is 55.7 Å². The molecule has 0 aliphatic heterocycles. The number of amides is 1. The van der Waals surface area contributed by atoms with E-state index in [9.17, 15) is 17.6 Å². The van der Waals surface area contributed by atoms with E-state index >= 15 is 0 Å². The minimum Gasteiger partial charge on any atom is -0.455 e. The minimum absolute atomic E-state index is 0.248. The van der Waals surface area contributed by atoms with Crippen molar-refractivity contribution < 1.29 is 22.0 Å². The van der Waals surface area contributed by atoms with Crippen molar-refractivity contribution in [2.45, 2.75) is 0 Å². The Labute approximate surface area is 235 Å². The van der Waals surface area contributed by atoms with Gasteiger partial charge in [-0.1, -0.05) is 18.2 Å². The number of nitrogens with zero attached hydrogens (tertiary/aromatic N) is 2. The van der Waals surface area contributed by atoms with Gasteiger partial charge in [-0.05, 0) is 60.2 Å². The van der Waals surface area contributed by atoms with Crippen molar-refractivity contribution >= 4 is 43.5 Å². The Bertz CT molecular complexity index is 2030. The van der Waals surface area contributed by atoms with Gasteiger partial charge in [-0.2, -0.15) is 0 Å². The number of furan rings is 1. The summed E-state index contributed by atoms with van der Waals surface area (Å²) in [5.74, 6) is -0.571. The number of pyridine rings is 1. The number of para-hydroxylation sites is 1. The smallest absolute Gasteiger partial charge is 0.255 e. The quantitative estimate of drug-likeness (QED) is 0.249. The van der Waals surface area contributed by atoms with Gasteiger partial charge < -0.3 is 14.7 Å². The van der Waals surface area contributed by atoms with Crippen LogP contribution in [0.1, 0.15) is 10.4 Å². The molecule has 41 heavy (non-hydrogen) atoms. The van der Waals surface area contributed by atoms with Crippen LogP contribution in [0.5, 0.6) is 0 Å². The summed E-state index contributed by atoms with van der Waals surface area (Å²) in [7, 11) is -0.694. The third kappa shape index (κ3) is 4.72. The summed E-state index contributed by atoms with van der Waals surface area (Å²) in [4.78, 5) is 21.1. The summed E-state index contributed by atoms with van der Waals surface area (Å²) >= 11 is 0. The number of rotatable bonds is 6. The monoisotopic (exact) mass is 568 g/mol. The maximum Gasteiger partial charge on any atom is 0.255 e. The van der Waals surface area contributed by atoms with E-state index in [1.54, 1.807) is 24.4 Å². The number of carbonyl (C=O) groups excluding carboxylic acids is 1. The molecule has 0 saturated carbocycles. The number of nitrogens with one attached hydrogen (secondary N) is 2. The van der Waals surface area contributed by atoms with Crippen molar-refractivity contribution in [3.8, 4) is 33.8 Å². The molecule has 0 bridgehead atoms. The first-order chi connectivity index (χ1) is 19.6. The molecular formula is C31H25FN4O4S. The molecule has 1 amide bonds. The van der Waals surface area contributed by atoms with Gasteiger partial charge >= 0.3 is 0 Å². The summed E-state index contributed by atoms with van der Waals surface area (Å²) in [6.45, 7) is 0. The maximum absolute atomic E-state index is 13.7. The van der Waals surface area contributed by atoms with Gasteiger partial charge in [0, 0.05) is 53.8 Å². The third-order valence-electron chi connectivity index (χ3n) is 7.08. The van der Waals surface area contributed by atoms with Crippen molar-refractivity contribution in [3.63, 3.8) is 0 Å². The molecule has 0 aliphatic rings. The van der Waals surface area contributed by atoms with Crippen LogP contribution in [0.15, 0.2) is 89.5 Å². The highest BCUT2D eigenvalue weighted by molar-refractivity contribution is 7.92. The molecule has 0 aliphatic carbocycles. The Balaban J connectivity index is 1.61. The molecule has 3 aromatic heterocycles. The van der Waals surface area contributed by atoms with Crippen molar-refractivity contribution in [1.29, 1.82) is 0 Å². The lowest BCUT2D eigenvalue weighted by Crippen LogP contribution is -2.25. The molecule has 0 atom stereocenters. The zero-order chi connectivity index (χ0) is 28.9. The van der Waals surface area contributed by atoms with Crippen molar-refractivity contribution in [1.82, 2.24) is 15.3 Å². The van der Waals surface area contributed by atoms with Crippen LogP contribution < -0.4 is 9.62 Å². The first-order valence-corrected chi connectivity index (χ1v) is 14.6. The van der Waals surface area contributed by atoms with Gasteiger partial charge in [-0.25, -0.2) is 12.8 Å². The van der Waals surface area contributed by atoms with Crippen LogP contribution in [0, 0.1) is 5.82 Å². The number of sulfonamides is 1. The predicted molar refractivity (Wildman–Crippen MR) is 159 cm³/mol. The molecule has 10 heteroatoms. The van der Waals surface area contributed by atoms with E-state index in [-0.39, 0.29) is 11.3 Å². The number of anilines is 1. The molecule has 8 nitrogen and oxygen atoms in total. The Hall–Kier alpha value is -4.96. The van der Waals surface area contributed by atoms with E-state index in [4.69, 9.17) is 4.42 Å². The number of fused-ring (bicyclic) bond motifs is 2. The third-order valence-corrected chi connectivity index (χ3v) is 8.27. The van der Waals surface area contributed by atoms with Crippen molar-refractivity contribution in [3.05, 3.63) is 96.4 Å². The molecule has 3 heterocycles. The van der Waals surface area contributed by atoms with Crippen molar-refractivity contribution in [2.75, 3.05) is 24.7 Å². The second kappa shape index (κ2) is 9.90. The maximum atomic E-state index is 13.7. The lowest BCUT2D eigenvalue weighted by Gasteiger charge is -2.21. The summed E-state index contributed by atoms with van der Waals surface area (Å²) in [5.41, 5.74) is 5.11. The summed E-state index contributed by atoms with van der Waals surface area (Å²) in [6, 6.07) is 22.5. The lowest BCUT2D eigenvalue weighted by molar-refractivity contribution is 0.0964. The van der Waals surface area contributed by atoms with Gasteiger partial charge in [0.25, 0.3) is 5.91 Å². The Morgan fingerprint density at radius 2 is 1.76 bits per heavy atom. The SMILES string of the molecule is CNC(=O)c1c(-c2ccc(F)cc2)oc2cc(N(C)S(C)(=O)=O)c(-c3ccnc(-c4cc5ccccc5[nH]4)c3)cc12. The Kier molecular flexibility index (Phi) is 6.34. The van der Waals surface area contributed by atoms with E-state index in [0.29, 0.717) is 39.0 Å². The number of carbonyl (C=O) groups is 1. The van der Waals surface area contributed by atoms with Crippen LogP contribution in [0.2, 0.25) is 0 Å². The second-order valence-electron chi connectivity index (χ2n) is 9.69. The summed E-state index contributed by atoms with van der Waals surface area (Å²) in [5, 5.41) is 4.17. The van der Waals surface area contributed by atoms with Gasteiger partial charge in [0.1, 0.15) is 17.2 Å². The number of aromatic amines is 1. The van der Waals surface area contributed by atoms with E-state index in [1.807, 2.05) is 36.4 Å². The van der Waals surface area contributed by atoms with Gasteiger partial charge in [-0.3, -0.25) is 14.1 Å². The van der Waals surface area contributed by atoms with Crippen LogP contribution in [0.3, 0.4) is 0 Å². The Morgan fingerprint density at radius 1 is 1.00 bits per heavy atom. The summed E-state index contributed by atoms with van der Waals surface area (Å²) in [6.07, 6.45) is 2.77. The zero-order valence-corrected chi connectivity index (χ0v) is 23.2. The Morgan fingerprint density at radius 3 is 2.46 bits per heavy atom. The van der Waals surface area contributed by atoms with Crippen LogP contribution in [-0.2, 0) is 10.0 Å². The molecule has 0 unspecified atom stereocenters. The standard InChI is InChI=1S/C31H25FN4O4S/c1-33-31(37)29-23-16-22(19-12-13-34-25(14-19)26-15-20-6-4-5-7-24(20)35-26)27(36(2)41(3,38)39)17-28(23)40-30(29)18-8-10-21(32)11-9-18/h4-17,35H,1-3H3,(H,33,37). The average Bonchev–Trinajstić information content (AvgIpc) is 3.57. The number of hydrogen-bond acceptors (Lipinski definition) is 5. The molecular weight excluding hydrogens is 543 g/mol. The number of aromatic nitrogens is 2. The molecule has 206 valence electrons. The van der Waals surface area contributed by atoms with E-state index in [2.05, 4.69) is 15.3 Å². The van der Waals surface area contributed by atoms with E-state index < -0.39 is 21.7 Å². The molecule has 2 N–H and O–H groups in total. The molecule has 3 aromatic carbocycles. The predicted octanol–water partition coefficient (Wildman–Crippen LogP) is 6.20. The minimum atomic E-state index is -3.67. The van der Waals surface area contributed by atoms with Crippen LogP contribution >= 0.6 is 0 Å². The molecule has 6 rings (SSSR count). The summed E-state index contributed by atoms with van der Waals surface area (Å²) < 4.78 is 46.4. The van der Waals surface area contributed by atoms with Crippen LogP contribution in [0.4, 0.5) is 10.1 Å². The molecule has 0 fully saturated rings. The zero-order valence-electron chi connectivity index (χ0n) is 22.4. The van der Waals surface area contributed by atoms with Gasteiger partial charge in [0.05, 0.1) is 28.9 Å². The normalized spacial score (nSPS) is 11.7. The largest absolute Gasteiger partial charge is 0.455 e. The topological polar surface area (TPSA) is 108 Å². The highest BCUT2D eigenvalue weighted by Gasteiger charge is 2.26. The molecule has 0 spiro atoms. The fourth-order valence-electron chi connectivity index (χ4n) is 4.91. The molecule has 0 saturated heterocycles. The average molecular weight is 569 g/mol. The van der Waals surface area contributed by atoms with Crippen LogP contribution in [-0.4, -0.2) is 44.6 Å². The number of benzene rings is 3. The molecule has 0 radical (unpaired) electrons.